The van der Waals surface area contributed by atoms with Crippen LogP contribution in [0, 0.1) is 0 Å². The fourth-order valence-corrected chi connectivity index (χ4v) is 3.83. The first-order valence-electron chi connectivity index (χ1n) is 8.34. The van der Waals surface area contributed by atoms with Crippen molar-refractivity contribution in [1.82, 2.24) is 10.2 Å². The van der Waals surface area contributed by atoms with Crippen LogP contribution in [-0.2, 0) is 0 Å². The van der Waals surface area contributed by atoms with Crippen molar-refractivity contribution in [2.45, 2.75) is 0 Å². The SMILES string of the molecule is NC1=C/C(=N\c2nnc(/N=C3\C=C(N)c4ccccc43)s2)c2ccccc21. The molecule has 0 atom stereocenters. The first kappa shape index (κ1) is 15.7. The van der Waals surface area contributed by atoms with E-state index >= 15 is 0 Å². The van der Waals surface area contributed by atoms with Crippen LogP contribution in [0.1, 0.15) is 22.3 Å². The van der Waals surface area contributed by atoms with Gasteiger partial charge in [-0.15, -0.1) is 10.2 Å². The van der Waals surface area contributed by atoms with Crippen molar-refractivity contribution in [2.24, 2.45) is 21.5 Å². The van der Waals surface area contributed by atoms with E-state index in [0.717, 1.165) is 33.7 Å². The van der Waals surface area contributed by atoms with Gasteiger partial charge in [-0.1, -0.05) is 59.9 Å². The maximum absolute atomic E-state index is 6.07. The van der Waals surface area contributed by atoms with Crippen LogP contribution in [0.5, 0.6) is 0 Å². The fourth-order valence-electron chi connectivity index (χ4n) is 3.21. The third kappa shape index (κ3) is 2.65. The molecule has 1 heterocycles. The third-order valence-corrected chi connectivity index (χ3v) is 5.16. The number of benzene rings is 2. The quantitative estimate of drug-likeness (QED) is 0.721. The minimum atomic E-state index is 0.535. The highest BCUT2D eigenvalue weighted by atomic mass is 32.1. The highest BCUT2D eigenvalue weighted by molar-refractivity contribution is 7.18. The lowest BCUT2D eigenvalue weighted by Crippen LogP contribution is -1.94. The summed E-state index contributed by atoms with van der Waals surface area (Å²) in [7, 11) is 0. The number of hydrogen-bond donors (Lipinski definition) is 2. The average molecular weight is 370 g/mol. The molecule has 0 bridgehead atoms. The van der Waals surface area contributed by atoms with E-state index in [2.05, 4.69) is 20.2 Å². The van der Waals surface area contributed by atoms with Crippen LogP contribution in [0.15, 0.2) is 70.7 Å². The lowest BCUT2D eigenvalue weighted by atomic mass is 10.1. The van der Waals surface area contributed by atoms with Gasteiger partial charge in [0.15, 0.2) is 0 Å². The highest BCUT2D eigenvalue weighted by Gasteiger charge is 2.19. The molecule has 2 aromatic carbocycles. The van der Waals surface area contributed by atoms with Crippen LogP contribution in [0.3, 0.4) is 0 Å². The predicted octanol–water partition coefficient (Wildman–Crippen LogP) is 3.41. The zero-order valence-electron chi connectivity index (χ0n) is 14.1. The molecule has 4 N–H and O–H groups in total. The number of allylic oxidation sites excluding steroid dienone is 2. The monoisotopic (exact) mass is 370 g/mol. The number of rotatable bonds is 2. The molecule has 27 heavy (non-hydrogen) atoms. The third-order valence-electron chi connectivity index (χ3n) is 4.45. The van der Waals surface area contributed by atoms with E-state index in [-0.39, 0.29) is 0 Å². The van der Waals surface area contributed by atoms with Crippen LogP contribution in [0.2, 0.25) is 0 Å². The first-order chi connectivity index (χ1) is 13.2. The second-order valence-electron chi connectivity index (χ2n) is 6.15. The Morgan fingerprint density at radius 1 is 0.630 bits per heavy atom. The summed E-state index contributed by atoms with van der Waals surface area (Å²) in [6.07, 6.45) is 3.71. The van der Waals surface area contributed by atoms with Crippen molar-refractivity contribution in [3.8, 4) is 0 Å². The summed E-state index contributed by atoms with van der Waals surface area (Å²) in [4.78, 5) is 9.20. The van der Waals surface area contributed by atoms with Gasteiger partial charge in [-0.05, 0) is 12.2 Å². The Kier molecular flexibility index (Phi) is 3.48. The van der Waals surface area contributed by atoms with Gasteiger partial charge in [-0.25, -0.2) is 9.98 Å². The number of nitrogens with zero attached hydrogens (tertiary/aromatic N) is 4. The van der Waals surface area contributed by atoms with Gasteiger partial charge >= 0.3 is 0 Å². The van der Waals surface area contributed by atoms with Crippen molar-refractivity contribution in [3.63, 3.8) is 0 Å². The Balaban J connectivity index is 1.49. The molecule has 0 fully saturated rings. The number of aliphatic imine (C=N–C) groups is 2. The van der Waals surface area contributed by atoms with Crippen molar-refractivity contribution in [3.05, 3.63) is 82.9 Å². The minimum Gasteiger partial charge on any atom is -0.398 e. The maximum atomic E-state index is 6.07. The molecule has 0 amide bonds. The zero-order valence-corrected chi connectivity index (χ0v) is 14.9. The molecule has 5 rings (SSSR count). The van der Waals surface area contributed by atoms with Gasteiger partial charge in [0.25, 0.3) is 0 Å². The summed E-state index contributed by atoms with van der Waals surface area (Å²) in [5, 5.41) is 9.36. The van der Waals surface area contributed by atoms with Crippen LogP contribution in [-0.4, -0.2) is 21.6 Å². The number of aromatic nitrogens is 2. The van der Waals surface area contributed by atoms with Gasteiger partial charge in [0, 0.05) is 33.6 Å². The highest BCUT2D eigenvalue weighted by Crippen LogP contribution is 2.32. The van der Waals surface area contributed by atoms with Crippen LogP contribution >= 0.6 is 11.3 Å². The van der Waals surface area contributed by atoms with E-state index in [9.17, 15) is 0 Å². The molecule has 130 valence electrons. The second kappa shape index (κ2) is 6.00. The lowest BCUT2D eigenvalue weighted by molar-refractivity contribution is 1.08. The molecule has 0 spiro atoms. The van der Waals surface area contributed by atoms with Crippen molar-refractivity contribution in [2.75, 3.05) is 0 Å². The number of fused-ring (bicyclic) bond motifs is 2. The number of hydrogen-bond acceptors (Lipinski definition) is 7. The van der Waals surface area contributed by atoms with Crippen LogP contribution < -0.4 is 11.5 Å². The Morgan fingerprint density at radius 3 is 1.48 bits per heavy atom. The van der Waals surface area contributed by atoms with Crippen LogP contribution in [0.4, 0.5) is 10.3 Å². The smallest absolute Gasteiger partial charge is 0.233 e. The Hall–Kier alpha value is -3.58. The molecule has 0 saturated heterocycles. The topological polar surface area (TPSA) is 103 Å². The summed E-state index contributed by atoms with van der Waals surface area (Å²) in [5.74, 6) is 0. The Bertz CT molecular complexity index is 1110. The summed E-state index contributed by atoms with van der Waals surface area (Å²) in [6.45, 7) is 0. The standard InChI is InChI=1S/C20H14N6S/c21-15-9-17(13-7-3-1-5-11(13)15)23-19-25-26-20(27-19)24-18-10-16(22)12-6-2-4-8-14(12)18/h1-10H,21-22H2/b23-17+,24-18+. The Morgan fingerprint density at radius 2 is 1.04 bits per heavy atom. The maximum Gasteiger partial charge on any atom is 0.233 e. The molecule has 3 aromatic rings. The summed E-state index contributed by atoms with van der Waals surface area (Å²) in [5.41, 5.74) is 19.1. The van der Waals surface area contributed by atoms with Gasteiger partial charge in [0.1, 0.15) is 0 Å². The molecule has 2 aliphatic carbocycles. The van der Waals surface area contributed by atoms with Crippen molar-refractivity contribution < 1.29 is 0 Å². The second-order valence-corrected chi connectivity index (χ2v) is 7.09. The molecule has 0 saturated carbocycles. The lowest BCUT2D eigenvalue weighted by Gasteiger charge is -1.99. The average Bonchev–Trinajstić information content (AvgIpc) is 3.35. The molecule has 7 heteroatoms. The first-order valence-corrected chi connectivity index (χ1v) is 9.15. The number of nitrogens with two attached hydrogens (primary N) is 2. The van der Waals surface area contributed by atoms with E-state index in [1.54, 1.807) is 0 Å². The summed E-state index contributed by atoms with van der Waals surface area (Å²) < 4.78 is 0. The predicted molar refractivity (Wildman–Crippen MR) is 110 cm³/mol. The molecular weight excluding hydrogens is 356 g/mol. The Labute approximate surface area is 159 Å². The fraction of sp³-hybridized carbons (Fsp3) is 0. The van der Waals surface area contributed by atoms with Gasteiger partial charge in [-0.2, -0.15) is 0 Å². The van der Waals surface area contributed by atoms with Crippen molar-refractivity contribution in [1.29, 1.82) is 0 Å². The van der Waals surface area contributed by atoms with Gasteiger partial charge in [0.05, 0.1) is 11.4 Å². The molecule has 0 unspecified atom stereocenters. The molecule has 1 aromatic heterocycles. The molecule has 0 aliphatic heterocycles. The van der Waals surface area contributed by atoms with Crippen LogP contribution in [0.25, 0.3) is 11.4 Å². The van der Waals surface area contributed by atoms with E-state index in [1.807, 2.05) is 60.7 Å². The molecule has 2 aliphatic rings. The van der Waals surface area contributed by atoms with E-state index in [0.29, 0.717) is 21.7 Å². The van der Waals surface area contributed by atoms with Gasteiger partial charge in [0.2, 0.25) is 10.3 Å². The molecule has 0 radical (unpaired) electrons. The molecule has 6 nitrogen and oxygen atoms in total. The normalized spacial score (nSPS) is 17.8. The summed E-state index contributed by atoms with van der Waals surface area (Å²) in [6, 6.07) is 15.8. The van der Waals surface area contributed by atoms with Crippen molar-refractivity contribution >= 4 is 44.4 Å². The van der Waals surface area contributed by atoms with E-state index in [1.165, 1.54) is 11.3 Å². The summed E-state index contributed by atoms with van der Waals surface area (Å²) >= 11 is 1.32. The minimum absolute atomic E-state index is 0.535. The van der Waals surface area contributed by atoms with E-state index in [4.69, 9.17) is 11.5 Å². The zero-order chi connectivity index (χ0) is 18.4. The van der Waals surface area contributed by atoms with Gasteiger partial charge < -0.3 is 11.5 Å². The molecular formula is C20H14N6S. The largest absolute Gasteiger partial charge is 0.398 e. The van der Waals surface area contributed by atoms with Gasteiger partial charge in [-0.3, -0.25) is 0 Å². The van der Waals surface area contributed by atoms with E-state index < -0.39 is 0 Å².